The molecule has 0 saturated carbocycles. The Kier molecular flexibility index (Phi) is 4.88. The molecule has 1 unspecified atom stereocenters. The van der Waals surface area contributed by atoms with Crippen molar-refractivity contribution < 1.29 is 14.4 Å². The number of urea groups is 1. The molecule has 2 rings (SSSR count). The number of rotatable bonds is 6. The highest BCUT2D eigenvalue weighted by Gasteiger charge is 2.55. The molecule has 23 heavy (non-hydrogen) atoms. The summed E-state index contributed by atoms with van der Waals surface area (Å²) in [5.74, 6) is -0.432. The van der Waals surface area contributed by atoms with Gasteiger partial charge in [0.05, 0.1) is 6.54 Å². The third kappa shape index (κ3) is 2.76. The van der Waals surface area contributed by atoms with Crippen LogP contribution in [-0.4, -0.2) is 46.7 Å². The standard InChI is InChI=1S/C18H24N2O3/c1-5-14(6-2)18(3)16(22)20(17(23)19(18)4)12-15(21)13-10-8-7-9-11-13/h7-11,14H,5-6,12H2,1-4H3. The fourth-order valence-corrected chi connectivity index (χ4v) is 3.41. The van der Waals surface area contributed by atoms with Crippen molar-refractivity contribution in [2.45, 2.75) is 39.2 Å². The first-order valence-electron chi connectivity index (χ1n) is 8.05. The zero-order valence-corrected chi connectivity index (χ0v) is 14.2. The number of hydrogen-bond donors (Lipinski definition) is 0. The van der Waals surface area contributed by atoms with E-state index in [0.29, 0.717) is 5.56 Å². The Morgan fingerprint density at radius 2 is 1.70 bits per heavy atom. The summed E-state index contributed by atoms with van der Waals surface area (Å²) >= 11 is 0. The van der Waals surface area contributed by atoms with Crippen molar-refractivity contribution in [1.82, 2.24) is 9.80 Å². The van der Waals surface area contributed by atoms with Crippen LogP contribution in [0.25, 0.3) is 0 Å². The van der Waals surface area contributed by atoms with Gasteiger partial charge < -0.3 is 4.90 Å². The zero-order valence-electron chi connectivity index (χ0n) is 14.2. The molecule has 0 bridgehead atoms. The van der Waals surface area contributed by atoms with Gasteiger partial charge in [-0.3, -0.25) is 14.5 Å². The summed E-state index contributed by atoms with van der Waals surface area (Å²) in [5.41, 5.74) is -0.371. The number of Topliss-reactive ketones (excluding diaryl/α,β-unsaturated/α-hetero) is 1. The maximum Gasteiger partial charge on any atom is 0.327 e. The van der Waals surface area contributed by atoms with Gasteiger partial charge in [0.1, 0.15) is 5.54 Å². The van der Waals surface area contributed by atoms with Gasteiger partial charge in [-0.15, -0.1) is 0 Å². The van der Waals surface area contributed by atoms with Gasteiger partial charge in [-0.25, -0.2) is 4.79 Å². The molecule has 5 nitrogen and oxygen atoms in total. The van der Waals surface area contributed by atoms with E-state index < -0.39 is 11.6 Å². The fourth-order valence-electron chi connectivity index (χ4n) is 3.41. The third-order valence-electron chi connectivity index (χ3n) is 5.07. The number of carbonyl (C=O) groups is 3. The van der Waals surface area contributed by atoms with Crippen molar-refractivity contribution in [3.05, 3.63) is 35.9 Å². The summed E-state index contributed by atoms with van der Waals surface area (Å²) in [6.07, 6.45) is 1.60. The van der Waals surface area contributed by atoms with Crippen LogP contribution < -0.4 is 0 Å². The Morgan fingerprint density at radius 3 is 2.22 bits per heavy atom. The summed E-state index contributed by atoms with van der Waals surface area (Å²) < 4.78 is 0. The van der Waals surface area contributed by atoms with Gasteiger partial charge in [0.2, 0.25) is 0 Å². The van der Waals surface area contributed by atoms with Crippen LogP contribution in [0.1, 0.15) is 44.0 Å². The lowest BCUT2D eigenvalue weighted by molar-refractivity contribution is -0.134. The van der Waals surface area contributed by atoms with Crippen molar-refractivity contribution in [2.75, 3.05) is 13.6 Å². The third-order valence-corrected chi connectivity index (χ3v) is 5.07. The molecule has 0 aromatic heterocycles. The van der Waals surface area contributed by atoms with Crippen molar-refractivity contribution in [3.8, 4) is 0 Å². The molecule has 1 aromatic carbocycles. The van der Waals surface area contributed by atoms with E-state index >= 15 is 0 Å². The topological polar surface area (TPSA) is 57.7 Å². The highest BCUT2D eigenvalue weighted by atomic mass is 16.2. The SMILES string of the molecule is CCC(CC)C1(C)C(=O)N(CC(=O)c2ccccc2)C(=O)N1C. The van der Waals surface area contributed by atoms with Crippen molar-refractivity contribution >= 4 is 17.7 Å². The van der Waals surface area contributed by atoms with Crippen LogP contribution in [-0.2, 0) is 4.79 Å². The molecule has 0 aliphatic carbocycles. The van der Waals surface area contributed by atoms with E-state index in [-0.39, 0.29) is 24.2 Å². The van der Waals surface area contributed by atoms with Gasteiger partial charge in [-0.1, -0.05) is 57.0 Å². The molecule has 1 aliphatic heterocycles. The maximum absolute atomic E-state index is 12.9. The van der Waals surface area contributed by atoms with Crippen molar-refractivity contribution in [3.63, 3.8) is 0 Å². The van der Waals surface area contributed by atoms with E-state index in [4.69, 9.17) is 0 Å². The summed E-state index contributed by atoms with van der Waals surface area (Å²) in [6, 6.07) is 8.34. The summed E-state index contributed by atoms with van der Waals surface area (Å²) in [6.45, 7) is 5.63. The van der Waals surface area contributed by atoms with E-state index in [1.54, 1.807) is 38.2 Å². The molecule has 0 spiro atoms. The molecule has 5 heteroatoms. The average Bonchev–Trinajstić information content (AvgIpc) is 2.73. The first-order valence-corrected chi connectivity index (χ1v) is 8.05. The largest absolute Gasteiger partial charge is 0.327 e. The van der Waals surface area contributed by atoms with E-state index in [9.17, 15) is 14.4 Å². The van der Waals surface area contributed by atoms with Crippen LogP contribution in [0.2, 0.25) is 0 Å². The van der Waals surface area contributed by atoms with Crippen LogP contribution in [0.15, 0.2) is 30.3 Å². The van der Waals surface area contributed by atoms with Crippen LogP contribution >= 0.6 is 0 Å². The molecule has 3 amide bonds. The lowest BCUT2D eigenvalue weighted by atomic mass is 9.81. The quantitative estimate of drug-likeness (QED) is 0.599. The molecule has 0 radical (unpaired) electrons. The van der Waals surface area contributed by atoms with Crippen LogP contribution in [0, 0.1) is 5.92 Å². The van der Waals surface area contributed by atoms with Crippen molar-refractivity contribution in [2.24, 2.45) is 5.92 Å². The lowest BCUT2D eigenvalue weighted by Crippen LogP contribution is -2.51. The normalized spacial score (nSPS) is 21.4. The molecular weight excluding hydrogens is 292 g/mol. The number of ketones is 1. The van der Waals surface area contributed by atoms with Crippen LogP contribution in [0.5, 0.6) is 0 Å². The number of benzene rings is 1. The van der Waals surface area contributed by atoms with Gasteiger partial charge >= 0.3 is 6.03 Å². The highest BCUT2D eigenvalue weighted by molar-refractivity contribution is 6.11. The Labute approximate surface area is 137 Å². The second-order valence-corrected chi connectivity index (χ2v) is 6.18. The average molecular weight is 316 g/mol. The van der Waals surface area contributed by atoms with Gasteiger partial charge in [0.15, 0.2) is 5.78 Å². The predicted molar refractivity (Wildman–Crippen MR) is 88.1 cm³/mol. The zero-order chi connectivity index (χ0) is 17.2. The number of likely N-dealkylation sites (N-methyl/N-ethyl adjacent to an activating group) is 1. The van der Waals surface area contributed by atoms with E-state index in [1.165, 1.54) is 4.90 Å². The molecule has 1 heterocycles. The predicted octanol–water partition coefficient (Wildman–Crippen LogP) is 2.96. The smallest absolute Gasteiger partial charge is 0.313 e. The molecule has 1 aromatic rings. The first kappa shape index (κ1) is 17.2. The highest BCUT2D eigenvalue weighted by Crippen LogP contribution is 2.36. The number of nitrogens with zero attached hydrogens (tertiary/aromatic N) is 2. The summed E-state index contributed by atoms with van der Waals surface area (Å²) in [7, 11) is 1.64. The second kappa shape index (κ2) is 6.52. The minimum atomic E-state index is -0.877. The summed E-state index contributed by atoms with van der Waals surface area (Å²) in [4.78, 5) is 40.3. The Morgan fingerprint density at radius 1 is 1.13 bits per heavy atom. The van der Waals surface area contributed by atoms with Gasteiger partial charge in [-0.2, -0.15) is 0 Å². The number of imide groups is 1. The van der Waals surface area contributed by atoms with E-state index in [1.807, 2.05) is 19.9 Å². The molecule has 1 fully saturated rings. The molecule has 124 valence electrons. The number of amides is 3. The Bertz CT molecular complexity index is 610. The van der Waals surface area contributed by atoms with E-state index in [2.05, 4.69) is 0 Å². The first-order chi connectivity index (χ1) is 10.9. The Balaban J connectivity index is 2.26. The second-order valence-electron chi connectivity index (χ2n) is 6.18. The number of hydrogen-bond acceptors (Lipinski definition) is 3. The Hall–Kier alpha value is -2.17. The summed E-state index contributed by atoms with van der Waals surface area (Å²) in [5, 5.41) is 0. The molecule has 0 N–H and O–H groups in total. The molecule has 1 atom stereocenters. The van der Waals surface area contributed by atoms with Crippen molar-refractivity contribution in [1.29, 1.82) is 0 Å². The van der Waals surface area contributed by atoms with Gasteiger partial charge in [0, 0.05) is 12.6 Å². The lowest BCUT2D eigenvalue weighted by Gasteiger charge is -2.35. The maximum atomic E-state index is 12.9. The number of carbonyl (C=O) groups excluding carboxylic acids is 3. The van der Waals surface area contributed by atoms with Gasteiger partial charge in [0.25, 0.3) is 5.91 Å². The van der Waals surface area contributed by atoms with Crippen LogP contribution in [0.3, 0.4) is 0 Å². The molecular formula is C18H24N2O3. The minimum absolute atomic E-state index is 0.0702. The minimum Gasteiger partial charge on any atom is -0.313 e. The molecule has 1 aliphatic rings. The van der Waals surface area contributed by atoms with E-state index in [0.717, 1.165) is 17.7 Å². The molecule has 1 saturated heterocycles. The van der Waals surface area contributed by atoms with Gasteiger partial charge in [-0.05, 0) is 12.8 Å². The monoisotopic (exact) mass is 316 g/mol. The van der Waals surface area contributed by atoms with Crippen LogP contribution in [0.4, 0.5) is 4.79 Å². The fraction of sp³-hybridized carbons (Fsp3) is 0.500.